The summed E-state index contributed by atoms with van der Waals surface area (Å²) in [7, 11) is 0. The van der Waals surface area contributed by atoms with E-state index < -0.39 is 23.9 Å². The minimum Gasteiger partial charge on any atom is -0.464 e. The van der Waals surface area contributed by atoms with Gasteiger partial charge in [-0.05, 0) is 20.3 Å². The molecule has 0 rings (SSSR count). The molecule has 1 N–H and O–H groups in total. The van der Waals surface area contributed by atoms with Crippen LogP contribution in [-0.2, 0) is 23.9 Å². The summed E-state index contributed by atoms with van der Waals surface area (Å²) in [6, 6.07) is -1.40. The van der Waals surface area contributed by atoms with Crippen LogP contribution in [-0.4, -0.2) is 37.1 Å². The van der Waals surface area contributed by atoms with Crippen molar-refractivity contribution in [1.29, 1.82) is 0 Å². The maximum absolute atomic E-state index is 11.5. The van der Waals surface area contributed by atoms with Crippen molar-refractivity contribution in [3.8, 4) is 0 Å². The number of hydrogen-bond acceptors (Lipinski definition) is 5. The second kappa shape index (κ2) is 9.21. The van der Waals surface area contributed by atoms with E-state index in [9.17, 15) is 14.4 Å². The molecule has 6 nitrogen and oxygen atoms in total. The maximum atomic E-state index is 11.5. The van der Waals surface area contributed by atoms with E-state index in [0.29, 0.717) is 6.42 Å². The van der Waals surface area contributed by atoms with E-state index >= 15 is 0 Å². The van der Waals surface area contributed by atoms with E-state index in [1.54, 1.807) is 19.9 Å². The van der Waals surface area contributed by atoms with E-state index in [1.165, 1.54) is 0 Å². The minimum absolute atomic E-state index is 0.122. The first kappa shape index (κ1) is 16.1. The Morgan fingerprint density at radius 3 is 2.06 bits per heavy atom. The summed E-state index contributed by atoms with van der Waals surface area (Å²) in [6.45, 7) is 6.94. The highest BCUT2D eigenvalue weighted by molar-refractivity contribution is 6.02. The van der Waals surface area contributed by atoms with Gasteiger partial charge in [0, 0.05) is 6.42 Å². The summed E-state index contributed by atoms with van der Waals surface area (Å²) in [5, 5.41) is 2.29. The molecule has 0 atom stereocenters. The van der Waals surface area contributed by atoms with Crippen molar-refractivity contribution in [2.75, 3.05) is 13.2 Å². The standard InChI is InChI=1S/C12H19NO5/c1-4-7-8-9(14)13-10(11(15)17-5-2)12(16)18-6-3/h4,10H,1,5-8H2,2-3H3,(H,13,14). The number of carbonyl (C=O) groups is 3. The fourth-order valence-corrected chi connectivity index (χ4v) is 1.13. The topological polar surface area (TPSA) is 81.7 Å². The molecule has 0 aliphatic rings. The molecule has 0 aromatic rings. The fourth-order valence-electron chi connectivity index (χ4n) is 1.13. The Balaban J connectivity index is 4.55. The van der Waals surface area contributed by atoms with Gasteiger partial charge in [0.15, 0.2) is 0 Å². The summed E-state index contributed by atoms with van der Waals surface area (Å²) < 4.78 is 9.40. The molecule has 0 aliphatic heterocycles. The predicted octanol–water partition coefficient (Wildman–Crippen LogP) is 0.564. The molecule has 0 bridgehead atoms. The molecule has 0 unspecified atom stereocenters. The van der Waals surface area contributed by atoms with E-state index in [4.69, 9.17) is 9.47 Å². The number of hydrogen-bond donors (Lipinski definition) is 1. The Kier molecular flexibility index (Phi) is 8.26. The first-order valence-electron chi connectivity index (χ1n) is 5.80. The third-order valence-electron chi connectivity index (χ3n) is 1.93. The zero-order valence-corrected chi connectivity index (χ0v) is 10.7. The Morgan fingerprint density at radius 2 is 1.67 bits per heavy atom. The minimum atomic E-state index is -1.40. The number of carbonyl (C=O) groups excluding carboxylic acids is 3. The highest BCUT2D eigenvalue weighted by atomic mass is 16.6. The van der Waals surface area contributed by atoms with Crippen molar-refractivity contribution >= 4 is 17.8 Å². The van der Waals surface area contributed by atoms with Gasteiger partial charge in [-0.2, -0.15) is 0 Å². The van der Waals surface area contributed by atoms with E-state index in [2.05, 4.69) is 11.9 Å². The summed E-state index contributed by atoms with van der Waals surface area (Å²) in [6.07, 6.45) is 2.19. The predicted molar refractivity (Wildman–Crippen MR) is 64.6 cm³/mol. The molecule has 18 heavy (non-hydrogen) atoms. The van der Waals surface area contributed by atoms with Crippen molar-refractivity contribution in [2.45, 2.75) is 32.7 Å². The third kappa shape index (κ3) is 6.03. The lowest BCUT2D eigenvalue weighted by atomic mass is 10.2. The first-order valence-corrected chi connectivity index (χ1v) is 5.80. The Morgan fingerprint density at radius 1 is 1.17 bits per heavy atom. The zero-order valence-electron chi connectivity index (χ0n) is 10.7. The van der Waals surface area contributed by atoms with Gasteiger partial charge in [0.1, 0.15) is 0 Å². The highest BCUT2D eigenvalue weighted by Gasteiger charge is 2.30. The van der Waals surface area contributed by atoms with E-state index in [1.807, 2.05) is 0 Å². The Hall–Kier alpha value is -1.85. The largest absolute Gasteiger partial charge is 0.464 e. The summed E-state index contributed by atoms with van der Waals surface area (Å²) in [5.74, 6) is -2.06. The second-order valence-corrected chi connectivity index (χ2v) is 3.33. The van der Waals surface area contributed by atoms with Gasteiger partial charge in [0.05, 0.1) is 13.2 Å². The van der Waals surface area contributed by atoms with Crippen LogP contribution in [0.15, 0.2) is 12.7 Å². The van der Waals surface area contributed by atoms with Crippen molar-refractivity contribution < 1.29 is 23.9 Å². The lowest BCUT2D eigenvalue weighted by Gasteiger charge is -2.15. The molecule has 0 aromatic heterocycles. The van der Waals surface area contributed by atoms with Crippen LogP contribution in [0.2, 0.25) is 0 Å². The zero-order chi connectivity index (χ0) is 14.0. The van der Waals surface area contributed by atoms with Gasteiger partial charge in [-0.1, -0.05) is 6.08 Å². The number of esters is 2. The summed E-state index contributed by atoms with van der Waals surface area (Å²) in [5.41, 5.74) is 0. The van der Waals surface area contributed by atoms with Crippen LogP contribution in [0.1, 0.15) is 26.7 Å². The molecule has 0 heterocycles. The Bertz CT molecular complexity index is 296. The molecule has 0 fully saturated rings. The van der Waals surface area contributed by atoms with Crippen molar-refractivity contribution in [3.63, 3.8) is 0 Å². The first-order chi connectivity index (χ1) is 8.56. The van der Waals surface area contributed by atoms with Crippen LogP contribution in [0.4, 0.5) is 0 Å². The lowest BCUT2D eigenvalue weighted by molar-refractivity contribution is -0.159. The Labute approximate surface area is 106 Å². The molecule has 0 aliphatic carbocycles. The van der Waals surface area contributed by atoms with Crippen LogP contribution >= 0.6 is 0 Å². The van der Waals surface area contributed by atoms with Crippen LogP contribution in [0, 0.1) is 0 Å². The molecular formula is C12H19NO5. The average molecular weight is 257 g/mol. The lowest BCUT2D eigenvalue weighted by Crippen LogP contribution is -2.48. The van der Waals surface area contributed by atoms with Crippen LogP contribution in [0.25, 0.3) is 0 Å². The smallest absolute Gasteiger partial charge is 0.340 e. The molecular weight excluding hydrogens is 238 g/mol. The van der Waals surface area contributed by atoms with Crippen molar-refractivity contribution in [2.24, 2.45) is 0 Å². The molecule has 0 saturated heterocycles. The molecule has 1 amide bonds. The van der Waals surface area contributed by atoms with Crippen LogP contribution in [0.5, 0.6) is 0 Å². The van der Waals surface area contributed by atoms with Gasteiger partial charge in [-0.15, -0.1) is 6.58 Å². The van der Waals surface area contributed by atoms with Gasteiger partial charge in [0.25, 0.3) is 0 Å². The fraction of sp³-hybridized carbons (Fsp3) is 0.583. The van der Waals surface area contributed by atoms with Crippen LogP contribution in [0.3, 0.4) is 0 Å². The molecule has 0 aromatic carbocycles. The van der Waals surface area contributed by atoms with Crippen LogP contribution < -0.4 is 5.32 Å². The number of ether oxygens (including phenoxy) is 2. The summed E-state index contributed by atoms with van der Waals surface area (Å²) in [4.78, 5) is 34.5. The van der Waals surface area contributed by atoms with Gasteiger partial charge in [-0.3, -0.25) is 4.79 Å². The van der Waals surface area contributed by atoms with E-state index in [0.717, 1.165) is 0 Å². The summed E-state index contributed by atoms with van der Waals surface area (Å²) >= 11 is 0. The quantitative estimate of drug-likeness (QED) is 0.390. The second-order valence-electron chi connectivity index (χ2n) is 3.33. The van der Waals surface area contributed by atoms with Gasteiger partial charge < -0.3 is 14.8 Å². The normalized spacial score (nSPS) is 9.72. The molecule has 102 valence electrons. The van der Waals surface area contributed by atoms with Crippen molar-refractivity contribution in [3.05, 3.63) is 12.7 Å². The average Bonchev–Trinajstić information content (AvgIpc) is 2.33. The SMILES string of the molecule is C=CCCC(=O)NC(C(=O)OCC)C(=O)OCC. The van der Waals surface area contributed by atoms with E-state index in [-0.39, 0.29) is 19.6 Å². The maximum Gasteiger partial charge on any atom is 0.340 e. The van der Waals surface area contributed by atoms with Gasteiger partial charge in [-0.25, -0.2) is 9.59 Å². The third-order valence-corrected chi connectivity index (χ3v) is 1.93. The molecule has 0 saturated carbocycles. The van der Waals surface area contributed by atoms with Crippen molar-refractivity contribution in [1.82, 2.24) is 5.32 Å². The number of nitrogens with one attached hydrogen (secondary N) is 1. The monoisotopic (exact) mass is 257 g/mol. The molecule has 0 spiro atoms. The molecule has 6 heteroatoms. The van der Waals surface area contributed by atoms with Gasteiger partial charge >= 0.3 is 11.9 Å². The number of allylic oxidation sites excluding steroid dienone is 1. The highest BCUT2D eigenvalue weighted by Crippen LogP contribution is 1.97. The van der Waals surface area contributed by atoms with Gasteiger partial charge in [0.2, 0.25) is 11.9 Å². The number of amides is 1. The number of rotatable bonds is 8. The molecule has 0 radical (unpaired) electrons.